The quantitative estimate of drug-likeness (QED) is 0.245. The molecule has 1 atom stereocenters. The lowest BCUT2D eigenvalue weighted by Gasteiger charge is -2.22. The number of halogens is 1. The summed E-state index contributed by atoms with van der Waals surface area (Å²) < 4.78 is 12.3. The molecule has 0 radical (unpaired) electrons. The summed E-state index contributed by atoms with van der Waals surface area (Å²) in [6.07, 6.45) is 1.72. The Kier molecular flexibility index (Phi) is 9.99. The Morgan fingerprint density at radius 1 is 1.14 bits per heavy atom. The van der Waals surface area contributed by atoms with Crippen LogP contribution in [0.2, 0.25) is 5.02 Å². The van der Waals surface area contributed by atoms with Gasteiger partial charge in [-0.1, -0.05) is 43.3 Å². The molecule has 1 heterocycles. The highest BCUT2D eigenvalue weighted by Gasteiger charge is 2.26. The second-order valence-corrected chi connectivity index (χ2v) is 9.72. The van der Waals surface area contributed by atoms with Crippen molar-refractivity contribution in [3.63, 3.8) is 0 Å². The molecule has 11 heteroatoms. The van der Waals surface area contributed by atoms with Gasteiger partial charge in [0, 0.05) is 17.1 Å². The number of thioether (sulfide) groups is 1. The number of ether oxygens (including phenoxy) is 2. The second kappa shape index (κ2) is 13.2. The SMILES string of the molecule is C=CCn1c(SCC(=O)Nc2cc(Cl)ccc2OC)nnc1[C@H](NC(=O)c1ccc(OC)cc1)C(C)C. The van der Waals surface area contributed by atoms with Crippen LogP contribution in [-0.4, -0.2) is 46.6 Å². The maximum atomic E-state index is 13.0. The molecule has 9 nitrogen and oxygen atoms in total. The monoisotopic (exact) mass is 543 g/mol. The van der Waals surface area contributed by atoms with Crippen molar-refractivity contribution in [3.8, 4) is 11.5 Å². The third kappa shape index (κ3) is 7.27. The lowest BCUT2D eigenvalue weighted by molar-refractivity contribution is -0.113. The molecule has 1 aromatic heterocycles. The third-order valence-electron chi connectivity index (χ3n) is 5.41. The fourth-order valence-electron chi connectivity index (χ4n) is 3.53. The maximum Gasteiger partial charge on any atom is 0.251 e. The van der Waals surface area contributed by atoms with E-state index in [2.05, 4.69) is 27.4 Å². The smallest absolute Gasteiger partial charge is 0.251 e. The van der Waals surface area contributed by atoms with Gasteiger partial charge in [-0.15, -0.1) is 16.8 Å². The third-order valence-corrected chi connectivity index (χ3v) is 6.61. The Bertz CT molecular complexity index is 1250. The fourth-order valence-corrected chi connectivity index (χ4v) is 4.46. The number of carbonyl (C=O) groups is 2. The molecule has 0 aliphatic rings. The van der Waals surface area contributed by atoms with Crippen LogP contribution in [0.1, 0.15) is 36.1 Å². The van der Waals surface area contributed by atoms with Gasteiger partial charge in [0.25, 0.3) is 5.91 Å². The van der Waals surface area contributed by atoms with Crippen molar-refractivity contribution >= 4 is 40.9 Å². The summed E-state index contributed by atoms with van der Waals surface area (Å²) in [5, 5.41) is 15.6. The van der Waals surface area contributed by atoms with E-state index in [-0.39, 0.29) is 23.5 Å². The molecule has 0 unspecified atom stereocenters. The number of anilines is 1. The minimum atomic E-state index is -0.416. The fraction of sp³-hybridized carbons (Fsp3) is 0.308. The van der Waals surface area contributed by atoms with Crippen molar-refractivity contribution in [3.05, 3.63) is 71.5 Å². The summed E-state index contributed by atoms with van der Waals surface area (Å²) >= 11 is 7.28. The number of methoxy groups -OCH3 is 2. The number of benzene rings is 2. The molecule has 0 saturated carbocycles. The molecule has 2 N–H and O–H groups in total. The van der Waals surface area contributed by atoms with Crippen LogP contribution < -0.4 is 20.1 Å². The Labute approximate surface area is 225 Å². The van der Waals surface area contributed by atoms with Gasteiger partial charge in [0.2, 0.25) is 5.91 Å². The highest BCUT2D eigenvalue weighted by atomic mass is 35.5. The molecule has 3 aromatic rings. The van der Waals surface area contributed by atoms with Gasteiger partial charge in [-0.05, 0) is 48.4 Å². The molecular weight excluding hydrogens is 514 g/mol. The van der Waals surface area contributed by atoms with E-state index in [1.807, 2.05) is 18.4 Å². The van der Waals surface area contributed by atoms with Crippen LogP contribution in [0.5, 0.6) is 11.5 Å². The first kappa shape index (κ1) is 28.1. The van der Waals surface area contributed by atoms with Gasteiger partial charge >= 0.3 is 0 Å². The molecule has 0 bridgehead atoms. The zero-order valence-corrected chi connectivity index (χ0v) is 22.7. The van der Waals surface area contributed by atoms with Crippen LogP contribution in [0, 0.1) is 5.92 Å². The summed E-state index contributed by atoms with van der Waals surface area (Å²) in [6.45, 7) is 8.23. The number of aromatic nitrogens is 3. The molecule has 37 heavy (non-hydrogen) atoms. The van der Waals surface area contributed by atoms with Gasteiger partial charge in [-0.25, -0.2) is 0 Å². The highest BCUT2D eigenvalue weighted by molar-refractivity contribution is 7.99. The van der Waals surface area contributed by atoms with E-state index < -0.39 is 6.04 Å². The zero-order chi connectivity index (χ0) is 26.9. The van der Waals surface area contributed by atoms with Crippen molar-refractivity contribution < 1.29 is 19.1 Å². The van der Waals surface area contributed by atoms with E-state index in [0.717, 1.165) is 0 Å². The average Bonchev–Trinajstić information content (AvgIpc) is 3.28. The van der Waals surface area contributed by atoms with Crippen molar-refractivity contribution in [1.29, 1.82) is 0 Å². The van der Waals surface area contributed by atoms with E-state index in [0.29, 0.717) is 45.3 Å². The van der Waals surface area contributed by atoms with Crippen LogP contribution in [0.25, 0.3) is 0 Å². The minimum Gasteiger partial charge on any atom is -0.497 e. The number of nitrogens with zero attached hydrogens (tertiary/aromatic N) is 3. The first-order valence-corrected chi connectivity index (χ1v) is 12.9. The summed E-state index contributed by atoms with van der Waals surface area (Å²) in [5.41, 5.74) is 0.985. The summed E-state index contributed by atoms with van der Waals surface area (Å²) in [4.78, 5) is 25.6. The van der Waals surface area contributed by atoms with Crippen molar-refractivity contribution in [2.75, 3.05) is 25.3 Å². The van der Waals surface area contributed by atoms with Crippen LogP contribution >= 0.6 is 23.4 Å². The summed E-state index contributed by atoms with van der Waals surface area (Å²) in [7, 11) is 3.09. The summed E-state index contributed by atoms with van der Waals surface area (Å²) in [5.74, 6) is 1.36. The Hall–Kier alpha value is -3.50. The zero-order valence-electron chi connectivity index (χ0n) is 21.2. The van der Waals surface area contributed by atoms with Gasteiger partial charge in [0.1, 0.15) is 11.5 Å². The van der Waals surface area contributed by atoms with Gasteiger partial charge in [-0.3, -0.25) is 9.59 Å². The van der Waals surface area contributed by atoms with Gasteiger partial charge in [-0.2, -0.15) is 0 Å². The van der Waals surface area contributed by atoms with Crippen LogP contribution in [0.3, 0.4) is 0 Å². The molecule has 0 saturated heterocycles. The average molecular weight is 544 g/mol. The standard InChI is InChI=1S/C26H30ClN5O4S/c1-6-13-32-24(23(16(2)3)29-25(34)17-7-10-19(35-4)11-8-17)30-31-26(32)37-15-22(33)28-20-14-18(27)9-12-21(20)36-5/h6-12,14,16,23H,1,13,15H2,2-5H3,(H,28,33)(H,29,34)/t23-/m1/s1. The van der Waals surface area contributed by atoms with Crippen LogP contribution in [0.4, 0.5) is 5.69 Å². The predicted molar refractivity (Wildman–Crippen MR) is 146 cm³/mol. The first-order valence-electron chi connectivity index (χ1n) is 11.5. The molecule has 0 aliphatic heterocycles. The molecule has 0 aliphatic carbocycles. The van der Waals surface area contributed by atoms with Gasteiger partial charge in [0.15, 0.2) is 11.0 Å². The van der Waals surface area contributed by atoms with Crippen molar-refractivity contribution in [2.45, 2.75) is 31.6 Å². The first-order chi connectivity index (χ1) is 17.8. The molecule has 3 rings (SSSR count). The predicted octanol–water partition coefficient (Wildman–Crippen LogP) is 4.99. The summed E-state index contributed by atoms with van der Waals surface area (Å²) in [6, 6.07) is 11.5. The maximum absolute atomic E-state index is 13.0. The molecule has 2 amide bonds. The molecule has 0 fully saturated rings. The van der Waals surface area contributed by atoms with E-state index in [9.17, 15) is 9.59 Å². The minimum absolute atomic E-state index is 0.0198. The Morgan fingerprint density at radius 2 is 1.86 bits per heavy atom. The molecule has 0 spiro atoms. The van der Waals surface area contributed by atoms with E-state index in [4.69, 9.17) is 21.1 Å². The molecular formula is C26H30ClN5O4S. The second-order valence-electron chi connectivity index (χ2n) is 8.35. The molecule has 2 aromatic carbocycles. The Morgan fingerprint density at radius 3 is 2.49 bits per heavy atom. The number of allylic oxidation sites excluding steroid dienone is 1. The lowest BCUT2D eigenvalue weighted by Crippen LogP contribution is -2.33. The number of rotatable bonds is 12. The number of hydrogen-bond acceptors (Lipinski definition) is 7. The van der Waals surface area contributed by atoms with E-state index >= 15 is 0 Å². The highest BCUT2D eigenvalue weighted by Crippen LogP contribution is 2.29. The van der Waals surface area contributed by atoms with E-state index in [1.54, 1.807) is 55.7 Å². The topological polar surface area (TPSA) is 107 Å². The number of nitrogens with one attached hydrogen (secondary N) is 2. The largest absolute Gasteiger partial charge is 0.497 e. The molecule has 196 valence electrons. The van der Waals surface area contributed by atoms with Crippen LogP contribution in [0.15, 0.2) is 60.3 Å². The number of carbonyl (C=O) groups excluding carboxylic acids is 2. The Balaban J connectivity index is 1.75. The van der Waals surface area contributed by atoms with Gasteiger partial charge in [0.05, 0.1) is 31.7 Å². The van der Waals surface area contributed by atoms with Crippen LogP contribution in [-0.2, 0) is 11.3 Å². The normalized spacial score (nSPS) is 11.6. The van der Waals surface area contributed by atoms with E-state index in [1.165, 1.54) is 18.9 Å². The van der Waals surface area contributed by atoms with Crippen molar-refractivity contribution in [1.82, 2.24) is 20.1 Å². The lowest BCUT2D eigenvalue weighted by atomic mass is 10.0. The van der Waals surface area contributed by atoms with Crippen molar-refractivity contribution in [2.24, 2.45) is 5.92 Å². The van der Waals surface area contributed by atoms with Gasteiger partial charge < -0.3 is 24.7 Å². The number of hydrogen-bond donors (Lipinski definition) is 2. The number of amides is 2.